The van der Waals surface area contributed by atoms with Crippen LogP contribution in [0.15, 0.2) is 54.9 Å². The minimum atomic E-state index is -0.315. The van der Waals surface area contributed by atoms with Gasteiger partial charge in [-0.15, -0.1) is 0 Å². The molecule has 3 nitrogen and oxygen atoms in total. The molecular weight excluding hydrogens is 267 g/mol. The number of hydrogen-bond donors (Lipinski definition) is 1. The molecule has 0 saturated carbocycles. The summed E-state index contributed by atoms with van der Waals surface area (Å²) in [6.07, 6.45) is 3.87. The second-order valence-corrected chi connectivity index (χ2v) is 5.01. The van der Waals surface area contributed by atoms with Crippen molar-refractivity contribution in [1.82, 2.24) is 9.88 Å². The Kier molecular flexibility index (Phi) is 3.44. The smallest absolute Gasteiger partial charge is 0.252 e. The molecule has 0 aliphatic rings. The molecule has 3 aromatic rings. The molecule has 0 aliphatic carbocycles. The lowest BCUT2D eigenvalue weighted by Gasteiger charge is -2.08. The predicted molar refractivity (Wildman–Crippen MR) is 80.5 cm³/mol. The summed E-state index contributed by atoms with van der Waals surface area (Å²) in [6.45, 7) is 0.450. The van der Waals surface area contributed by atoms with Gasteiger partial charge in [-0.3, -0.25) is 4.79 Å². The molecule has 0 radical (unpaired) electrons. The number of benzene rings is 2. The highest BCUT2D eigenvalue weighted by molar-refractivity contribution is 6.07. The normalized spacial score (nSPS) is 10.8. The average molecular weight is 282 g/mol. The number of nitrogens with one attached hydrogen (secondary N) is 1. The van der Waals surface area contributed by atoms with Crippen molar-refractivity contribution in [2.75, 3.05) is 0 Å². The van der Waals surface area contributed by atoms with Gasteiger partial charge in [0.15, 0.2) is 0 Å². The Morgan fingerprint density at radius 3 is 2.62 bits per heavy atom. The van der Waals surface area contributed by atoms with Gasteiger partial charge in [-0.25, -0.2) is 4.39 Å². The molecule has 4 heteroatoms. The van der Waals surface area contributed by atoms with E-state index in [1.165, 1.54) is 12.1 Å². The van der Waals surface area contributed by atoms with E-state index in [0.29, 0.717) is 22.9 Å². The Bertz CT molecular complexity index is 807. The fraction of sp³-hybridized carbons (Fsp3) is 0.118. The largest absolute Gasteiger partial charge is 0.357 e. The molecule has 0 aliphatic heterocycles. The van der Waals surface area contributed by atoms with Crippen molar-refractivity contribution < 1.29 is 9.18 Å². The van der Waals surface area contributed by atoms with E-state index in [0.717, 1.165) is 5.56 Å². The summed E-state index contributed by atoms with van der Waals surface area (Å²) in [6, 6.07) is 11.8. The van der Waals surface area contributed by atoms with Gasteiger partial charge >= 0.3 is 0 Å². The first kappa shape index (κ1) is 13.4. The van der Waals surface area contributed by atoms with Crippen molar-refractivity contribution in [2.24, 2.45) is 7.05 Å². The van der Waals surface area contributed by atoms with Crippen LogP contribution in [0.5, 0.6) is 0 Å². The van der Waals surface area contributed by atoms with Crippen molar-refractivity contribution >= 4 is 16.7 Å². The molecule has 0 fully saturated rings. The van der Waals surface area contributed by atoms with Crippen LogP contribution in [-0.4, -0.2) is 10.5 Å². The summed E-state index contributed by atoms with van der Waals surface area (Å²) in [5, 5.41) is 3.96. The Morgan fingerprint density at radius 1 is 1.14 bits per heavy atom. The number of aryl methyl sites for hydroxylation is 1. The van der Waals surface area contributed by atoms with Gasteiger partial charge in [-0.2, -0.15) is 0 Å². The Labute approximate surface area is 122 Å². The van der Waals surface area contributed by atoms with Crippen molar-refractivity contribution in [2.45, 2.75) is 6.54 Å². The number of aromatic nitrogens is 1. The van der Waals surface area contributed by atoms with Gasteiger partial charge in [0.1, 0.15) is 5.82 Å². The minimum Gasteiger partial charge on any atom is -0.357 e. The number of carbonyl (C=O) groups is 1. The molecule has 1 amide bonds. The molecule has 1 N–H and O–H groups in total. The number of hydrogen-bond acceptors (Lipinski definition) is 1. The first-order valence-electron chi connectivity index (χ1n) is 6.71. The zero-order valence-electron chi connectivity index (χ0n) is 11.6. The molecule has 1 heterocycles. The van der Waals surface area contributed by atoms with E-state index < -0.39 is 0 Å². The molecule has 0 bridgehead atoms. The molecule has 0 unspecified atom stereocenters. The first-order chi connectivity index (χ1) is 10.1. The second-order valence-electron chi connectivity index (χ2n) is 5.01. The zero-order chi connectivity index (χ0) is 14.8. The zero-order valence-corrected chi connectivity index (χ0v) is 11.6. The SMILES string of the molecule is Cn1ccc(CNC(=O)c2ccc(F)c3ccccc23)c1. The number of amides is 1. The Balaban J connectivity index is 1.86. The maximum atomic E-state index is 13.7. The number of rotatable bonds is 3. The van der Waals surface area contributed by atoms with Gasteiger partial charge in [-0.1, -0.05) is 24.3 Å². The van der Waals surface area contributed by atoms with Crippen LogP contribution in [0.4, 0.5) is 4.39 Å². The monoisotopic (exact) mass is 282 g/mol. The molecule has 0 atom stereocenters. The lowest BCUT2D eigenvalue weighted by molar-refractivity contribution is 0.0952. The molecule has 106 valence electrons. The summed E-state index contributed by atoms with van der Waals surface area (Å²) in [5.41, 5.74) is 1.51. The maximum absolute atomic E-state index is 13.7. The quantitative estimate of drug-likeness (QED) is 0.786. The van der Waals surface area contributed by atoms with Crippen LogP contribution in [0.25, 0.3) is 10.8 Å². The number of carbonyl (C=O) groups excluding carboxylic acids is 1. The first-order valence-corrected chi connectivity index (χ1v) is 6.71. The molecule has 21 heavy (non-hydrogen) atoms. The molecule has 0 spiro atoms. The lowest BCUT2D eigenvalue weighted by Crippen LogP contribution is -2.22. The third-order valence-electron chi connectivity index (χ3n) is 3.46. The molecule has 3 rings (SSSR count). The van der Waals surface area contributed by atoms with Crippen molar-refractivity contribution in [3.63, 3.8) is 0 Å². The fourth-order valence-corrected chi connectivity index (χ4v) is 2.40. The molecule has 1 aromatic heterocycles. The van der Waals surface area contributed by atoms with E-state index in [2.05, 4.69) is 5.32 Å². The maximum Gasteiger partial charge on any atom is 0.252 e. The van der Waals surface area contributed by atoms with E-state index in [1.807, 2.05) is 30.1 Å². The third kappa shape index (κ3) is 2.65. The van der Waals surface area contributed by atoms with Gasteiger partial charge in [0, 0.05) is 36.9 Å². The highest BCUT2D eigenvalue weighted by Crippen LogP contribution is 2.21. The van der Waals surface area contributed by atoms with Crippen molar-refractivity contribution in [3.05, 3.63) is 71.8 Å². The van der Waals surface area contributed by atoms with Crippen LogP contribution < -0.4 is 5.32 Å². The van der Waals surface area contributed by atoms with Crippen LogP contribution in [0, 0.1) is 5.82 Å². The van der Waals surface area contributed by atoms with E-state index >= 15 is 0 Å². The molecule has 0 saturated heterocycles. The van der Waals surface area contributed by atoms with Gasteiger partial charge in [0.05, 0.1) is 0 Å². The Morgan fingerprint density at radius 2 is 1.90 bits per heavy atom. The van der Waals surface area contributed by atoms with Gasteiger partial charge in [0.2, 0.25) is 0 Å². The molecular formula is C17H15FN2O. The van der Waals surface area contributed by atoms with Crippen molar-refractivity contribution in [1.29, 1.82) is 0 Å². The van der Waals surface area contributed by atoms with Gasteiger partial charge in [-0.05, 0) is 29.1 Å². The Hall–Kier alpha value is -2.62. The highest BCUT2D eigenvalue weighted by atomic mass is 19.1. The van der Waals surface area contributed by atoms with Gasteiger partial charge in [0.25, 0.3) is 5.91 Å². The standard InChI is InChI=1S/C17H15FN2O/c1-20-9-8-12(11-20)10-19-17(21)15-6-7-16(18)14-5-3-2-4-13(14)15/h2-9,11H,10H2,1H3,(H,19,21). The summed E-state index contributed by atoms with van der Waals surface area (Å²) in [4.78, 5) is 12.3. The topological polar surface area (TPSA) is 34.0 Å². The van der Waals surface area contributed by atoms with E-state index in [-0.39, 0.29) is 11.7 Å². The number of nitrogens with zero attached hydrogens (tertiary/aromatic N) is 1. The average Bonchev–Trinajstić information content (AvgIpc) is 2.91. The third-order valence-corrected chi connectivity index (χ3v) is 3.46. The lowest BCUT2D eigenvalue weighted by atomic mass is 10.0. The number of fused-ring (bicyclic) bond motifs is 1. The van der Waals surface area contributed by atoms with Crippen molar-refractivity contribution in [3.8, 4) is 0 Å². The minimum absolute atomic E-state index is 0.199. The van der Waals surface area contributed by atoms with Gasteiger partial charge < -0.3 is 9.88 Å². The summed E-state index contributed by atoms with van der Waals surface area (Å²) in [5.74, 6) is -0.514. The van der Waals surface area contributed by atoms with E-state index in [4.69, 9.17) is 0 Å². The fourth-order valence-electron chi connectivity index (χ4n) is 2.40. The summed E-state index contributed by atoms with van der Waals surface area (Å²) in [7, 11) is 1.93. The summed E-state index contributed by atoms with van der Waals surface area (Å²) < 4.78 is 15.7. The van der Waals surface area contributed by atoms with Crippen LogP contribution in [0.3, 0.4) is 0 Å². The number of halogens is 1. The van der Waals surface area contributed by atoms with Crippen LogP contribution >= 0.6 is 0 Å². The van der Waals surface area contributed by atoms with Crippen LogP contribution in [-0.2, 0) is 13.6 Å². The predicted octanol–water partition coefficient (Wildman–Crippen LogP) is 3.25. The molecule has 2 aromatic carbocycles. The second kappa shape index (κ2) is 5.40. The summed E-state index contributed by atoms with van der Waals surface area (Å²) >= 11 is 0. The van der Waals surface area contributed by atoms with E-state index in [1.54, 1.807) is 24.3 Å². The highest BCUT2D eigenvalue weighted by Gasteiger charge is 2.12. The van der Waals surface area contributed by atoms with Crippen LogP contribution in [0.2, 0.25) is 0 Å². The van der Waals surface area contributed by atoms with Crippen LogP contribution in [0.1, 0.15) is 15.9 Å². The van der Waals surface area contributed by atoms with E-state index in [9.17, 15) is 9.18 Å².